The van der Waals surface area contributed by atoms with Gasteiger partial charge >= 0.3 is 0 Å². The van der Waals surface area contributed by atoms with Gasteiger partial charge in [0.1, 0.15) is 0 Å². The lowest BCUT2D eigenvalue weighted by atomic mass is 10.2. The van der Waals surface area contributed by atoms with E-state index in [1.54, 1.807) is 32.6 Å². The molecule has 0 saturated carbocycles. The lowest BCUT2D eigenvalue weighted by Gasteiger charge is -2.08. The van der Waals surface area contributed by atoms with Gasteiger partial charge in [0.15, 0.2) is 0 Å². The Kier molecular flexibility index (Phi) is 6.79. The van der Waals surface area contributed by atoms with Crippen LogP contribution < -0.4 is 10.6 Å². The minimum Gasteiger partial charge on any atom is -0.387 e. The molecule has 1 aromatic heterocycles. The number of anilines is 1. The average molecular weight is 251 g/mol. The molecule has 18 heavy (non-hydrogen) atoms. The van der Waals surface area contributed by atoms with E-state index in [9.17, 15) is 4.79 Å². The van der Waals surface area contributed by atoms with Gasteiger partial charge in [0.05, 0.1) is 5.56 Å². The number of nitrogens with zero attached hydrogens (tertiary/aromatic N) is 1. The molecule has 5 heteroatoms. The van der Waals surface area contributed by atoms with Crippen molar-refractivity contribution in [1.82, 2.24) is 10.3 Å². The Morgan fingerprint density at radius 2 is 2.22 bits per heavy atom. The molecule has 0 aliphatic rings. The van der Waals surface area contributed by atoms with Crippen molar-refractivity contribution in [3.05, 3.63) is 24.0 Å². The highest BCUT2D eigenvalue weighted by molar-refractivity contribution is 5.99. The Bertz CT molecular complexity index is 369. The summed E-state index contributed by atoms with van der Waals surface area (Å²) in [5.74, 6) is -0.0841. The minimum atomic E-state index is -0.0841. The van der Waals surface area contributed by atoms with Gasteiger partial charge < -0.3 is 15.4 Å². The van der Waals surface area contributed by atoms with Gasteiger partial charge in [-0.3, -0.25) is 9.78 Å². The maximum atomic E-state index is 11.9. The van der Waals surface area contributed by atoms with Crippen molar-refractivity contribution in [3.8, 4) is 0 Å². The molecule has 100 valence electrons. The van der Waals surface area contributed by atoms with Gasteiger partial charge in [0, 0.05) is 45.4 Å². The highest BCUT2D eigenvalue weighted by atomic mass is 16.5. The van der Waals surface area contributed by atoms with E-state index in [-0.39, 0.29) is 5.91 Å². The molecular weight excluding hydrogens is 230 g/mol. The maximum absolute atomic E-state index is 11.9. The van der Waals surface area contributed by atoms with Crippen LogP contribution in [0.15, 0.2) is 18.5 Å². The van der Waals surface area contributed by atoms with Crippen molar-refractivity contribution in [2.24, 2.45) is 0 Å². The number of methoxy groups -OCH3 is 1. The second-order valence-electron chi connectivity index (χ2n) is 3.98. The summed E-state index contributed by atoms with van der Waals surface area (Å²) >= 11 is 0. The molecule has 0 aliphatic heterocycles. The molecule has 1 heterocycles. The monoisotopic (exact) mass is 251 g/mol. The summed E-state index contributed by atoms with van der Waals surface area (Å²) in [5.41, 5.74) is 1.37. The van der Waals surface area contributed by atoms with Crippen LogP contribution in [0.5, 0.6) is 0 Å². The van der Waals surface area contributed by atoms with E-state index in [1.807, 2.05) is 0 Å². The maximum Gasteiger partial charge on any atom is 0.254 e. The number of aromatic nitrogens is 1. The highest BCUT2D eigenvalue weighted by Crippen LogP contribution is 2.11. The molecule has 0 aliphatic carbocycles. The van der Waals surface area contributed by atoms with E-state index >= 15 is 0 Å². The lowest BCUT2D eigenvalue weighted by molar-refractivity contribution is 0.0953. The van der Waals surface area contributed by atoms with Crippen LogP contribution in [-0.4, -0.2) is 38.2 Å². The Hall–Kier alpha value is -1.62. The number of unbranched alkanes of at least 4 members (excludes halogenated alkanes) is 2. The molecular formula is C13H21N3O2. The molecule has 0 saturated heterocycles. The van der Waals surface area contributed by atoms with Crippen molar-refractivity contribution >= 4 is 11.6 Å². The number of carbonyl (C=O) groups excluding carboxylic acids is 1. The van der Waals surface area contributed by atoms with E-state index in [0.717, 1.165) is 31.6 Å². The number of hydrogen-bond acceptors (Lipinski definition) is 4. The fourth-order valence-electron chi connectivity index (χ4n) is 1.64. The SMILES string of the molecule is CNc1ccncc1C(=O)NCCCCCOC. The third kappa shape index (κ3) is 4.71. The van der Waals surface area contributed by atoms with Crippen molar-refractivity contribution < 1.29 is 9.53 Å². The number of ether oxygens (including phenoxy) is 1. The molecule has 0 unspecified atom stereocenters. The van der Waals surface area contributed by atoms with Gasteiger partial charge in [0.25, 0.3) is 5.91 Å². The third-order valence-electron chi connectivity index (χ3n) is 2.65. The summed E-state index contributed by atoms with van der Waals surface area (Å²) in [6.07, 6.45) is 6.28. The summed E-state index contributed by atoms with van der Waals surface area (Å²) in [4.78, 5) is 15.9. The van der Waals surface area contributed by atoms with Crippen molar-refractivity contribution in [1.29, 1.82) is 0 Å². The van der Waals surface area contributed by atoms with Crippen LogP contribution in [0, 0.1) is 0 Å². The van der Waals surface area contributed by atoms with Crippen LogP contribution in [0.25, 0.3) is 0 Å². The van der Waals surface area contributed by atoms with Crippen LogP contribution in [0.1, 0.15) is 29.6 Å². The first-order chi connectivity index (χ1) is 8.79. The quantitative estimate of drug-likeness (QED) is 0.690. The molecule has 0 atom stereocenters. The molecule has 0 radical (unpaired) electrons. The van der Waals surface area contributed by atoms with Crippen LogP contribution >= 0.6 is 0 Å². The van der Waals surface area contributed by atoms with Gasteiger partial charge in [-0.05, 0) is 25.3 Å². The summed E-state index contributed by atoms with van der Waals surface area (Å²) in [5, 5.41) is 5.87. The van der Waals surface area contributed by atoms with E-state index in [2.05, 4.69) is 15.6 Å². The number of carbonyl (C=O) groups is 1. The molecule has 1 amide bonds. The summed E-state index contributed by atoms with van der Waals surface area (Å²) < 4.78 is 4.97. The average Bonchev–Trinajstić information content (AvgIpc) is 2.42. The molecule has 1 aromatic rings. The van der Waals surface area contributed by atoms with Crippen LogP contribution in [0.2, 0.25) is 0 Å². The predicted molar refractivity (Wildman–Crippen MR) is 71.8 cm³/mol. The van der Waals surface area contributed by atoms with Crippen molar-refractivity contribution in [2.75, 3.05) is 32.6 Å². The van der Waals surface area contributed by atoms with Gasteiger partial charge in [-0.15, -0.1) is 0 Å². The Morgan fingerprint density at radius 3 is 2.94 bits per heavy atom. The van der Waals surface area contributed by atoms with Crippen molar-refractivity contribution in [2.45, 2.75) is 19.3 Å². The normalized spacial score (nSPS) is 10.1. The molecule has 1 rings (SSSR count). The summed E-state index contributed by atoms with van der Waals surface area (Å²) in [7, 11) is 3.49. The van der Waals surface area contributed by atoms with E-state index in [0.29, 0.717) is 12.1 Å². The first-order valence-corrected chi connectivity index (χ1v) is 6.18. The summed E-state index contributed by atoms with van der Waals surface area (Å²) in [6, 6.07) is 1.79. The zero-order chi connectivity index (χ0) is 13.2. The van der Waals surface area contributed by atoms with Gasteiger partial charge in [-0.25, -0.2) is 0 Å². The van der Waals surface area contributed by atoms with Gasteiger partial charge in [-0.1, -0.05) is 0 Å². The number of hydrogen-bond donors (Lipinski definition) is 2. The molecule has 0 spiro atoms. The third-order valence-corrected chi connectivity index (χ3v) is 2.65. The predicted octanol–water partition coefficient (Wildman–Crippen LogP) is 1.67. The first kappa shape index (κ1) is 14.4. The van der Waals surface area contributed by atoms with Crippen LogP contribution in [-0.2, 0) is 4.74 Å². The molecule has 5 nitrogen and oxygen atoms in total. The van der Waals surface area contributed by atoms with E-state index in [4.69, 9.17) is 4.74 Å². The van der Waals surface area contributed by atoms with Gasteiger partial charge in [0.2, 0.25) is 0 Å². The Balaban J connectivity index is 2.32. The van der Waals surface area contributed by atoms with E-state index < -0.39 is 0 Å². The first-order valence-electron chi connectivity index (χ1n) is 6.18. The number of amides is 1. The highest BCUT2D eigenvalue weighted by Gasteiger charge is 2.09. The minimum absolute atomic E-state index is 0.0841. The molecule has 0 bridgehead atoms. The zero-order valence-electron chi connectivity index (χ0n) is 11.0. The van der Waals surface area contributed by atoms with Gasteiger partial charge in [-0.2, -0.15) is 0 Å². The zero-order valence-corrected chi connectivity index (χ0v) is 11.0. The largest absolute Gasteiger partial charge is 0.387 e. The van der Waals surface area contributed by atoms with Crippen molar-refractivity contribution in [3.63, 3.8) is 0 Å². The smallest absolute Gasteiger partial charge is 0.254 e. The Labute approximate surface area is 108 Å². The molecule has 0 fully saturated rings. The second kappa shape index (κ2) is 8.47. The van der Waals surface area contributed by atoms with E-state index in [1.165, 1.54) is 0 Å². The summed E-state index contributed by atoms with van der Waals surface area (Å²) in [6.45, 7) is 1.46. The van der Waals surface area contributed by atoms with Crippen LogP contribution in [0.4, 0.5) is 5.69 Å². The fourth-order valence-corrected chi connectivity index (χ4v) is 1.64. The van der Waals surface area contributed by atoms with Crippen LogP contribution in [0.3, 0.4) is 0 Å². The second-order valence-corrected chi connectivity index (χ2v) is 3.98. The lowest BCUT2D eigenvalue weighted by Crippen LogP contribution is -2.25. The topological polar surface area (TPSA) is 63.2 Å². The fraction of sp³-hybridized carbons (Fsp3) is 0.538. The number of nitrogens with one attached hydrogen (secondary N) is 2. The molecule has 0 aromatic carbocycles. The Morgan fingerprint density at radius 1 is 1.39 bits per heavy atom. The molecule has 2 N–H and O–H groups in total. The number of pyridine rings is 1. The standard InChI is InChI=1S/C13H21N3O2/c1-14-12-6-8-15-10-11(12)13(17)16-7-4-3-5-9-18-2/h6,8,10H,3-5,7,9H2,1-2H3,(H,14,15)(H,16,17). The number of rotatable bonds is 8.